The molecule has 1 spiro atoms. The van der Waals surface area contributed by atoms with Crippen molar-refractivity contribution in [3.63, 3.8) is 0 Å². The van der Waals surface area contributed by atoms with E-state index in [1.54, 1.807) is 0 Å². The van der Waals surface area contributed by atoms with Crippen molar-refractivity contribution >= 4 is 0 Å². The van der Waals surface area contributed by atoms with Gasteiger partial charge in [0.1, 0.15) is 0 Å². The Kier molecular flexibility index (Phi) is 4.04. The Bertz CT molecular complexity index is 120. The molecule has 0 radical (unpaired) electrons. The van der Waals surface area contributed by atoms with Gasteiger partial charge in [-0.15, -0.1) is 0 Å². The number of hydrogen-bond acceptors (Lipinski definition) is 0. The fourth-order valence-corrected chi connectivity index (χ4v) is 2.81. The first-order valence-electron chi connectivity index (χ1n) is 5.26. The molecule has 0 unspecified atom stereocenters. The lowest BCUT2D eigenvalue weighted by atomic mass is 10.2. The van der Waals surface area contributed by atoms with Crippen molar-refractivity contribution in [1.29, 1.82) is 0 Å². The van der Waals surface area contributed by atoms with E-state index in [0.29, 0.717) is 0 Å². The topological polar surface area (TPSA) is 0 Å². The highest BCUT2D eigenvalue weighted by Crippen LogP contribution is 2.24. The number of rotatable bonds is 0. The van der Waals surface area contributed by atoms with Gasteiger partial charge < -0.3 is 21.5 Å². The maximum atomic E-state index is 1.50. The third-order valence-corrected chi connectivity index (χ3v) is 3.53. The van der Waals surface area contributed by atoms with Crippen LogP contribution in [0, 0.1) is 0 Å². The predicted octanol–water partition coefficient (Wildman–Crippen LogP) is -0.825. The smallest absolute Gasteiger partial charge is 0.0788 e. The van der Waals surface area contributed by atoms with Crippen molar-refractivity contribution in [2.24, 2.45) is 0 Å². The first-order valence-corrected chi connectivity index (χ1v) is 5.26. The molecule has 2 fully saturated rings. The molecule has 2 aliphatic rings. The van der Waals surface area contributed by atoms with E-state index in [9.17, 15) is 0 Å². The van der Waals surface area contributed by atoms with Gasteiger partial charge in [-0.05, 0) is 25.7 Å². The lowest BCUT2D eigenvalue weighted by Crippen LogP contribution is -3.00. The van der Waals surface area contributed by atoms with Gasteiger partial charge in [0.05, 0.1) is 26.2 Å². The molecule has 0 amide bonds. The predicted molar refractivity (Wildman–Crippen MR) is 47.4 cm³/mol. The van der Waals surface area contributed by atoms with Crippen molar-refractivity contribution in [2.45, 2.75) is 38.5 Å². The molecule has 0 N–H and O–H groups in total. The minimum Gasteiger partial charge on any atom is -1.00 e. The second-order valence-corrected chi connectivity index (χ2v) is 4.36. The highest BCUT2D eigenvalue weighted by molar-refractivity contribution is 4.59. The Labute approximate surface area is 86.5 Å². The van der Waals surface area contributed by atoms with E-state index < -0.39 is 0 Å². The molecule has 0 aromatic rings. The first kappa shape index (κ1) is 10.5. The van der Waals surface area contributed by atoms with Gasteiger partial charge >= 0.3 is 0 Å². The average Bonchev–Trinajstić information content (AvgIpc) is 2.32. The summed E-state index contributed by atoms with van der Waals surface area (Å²) in [5.74, 6) is 0. The Balaban J connectivity index is 0.000000720. The van der Waals surface area contributed by atoms with Crippen molar-refractivity contribution in [3.8, 4) is 0 Å². The molecule has 2 aliphatic heterocycles. The molecule has 0 aliphatic carbocycles. The molecule has 12 heavy (non-hydrogen) atoms. The van der Waals surface area contributed by atoms with Gasteiger partial charge in [0, 0.05) is 12.8 Å². The molecule has 2 heteroatoms. The zero-order chi connectivity index (χ0) is 7.57. The zero-order valence-corrected chi connectivity index (χ0v) is 9.48. The lowest BCUT2D eigenvalue weighted by Gasteiger charge is -2.32. The van der Waals surface area contributed by atoms with Crippen LogP contribution in [-0.4, -0.2) is 30.7 Å². The summed E-state index contributed by atoms with van der Waals surface area (Å²) >= 11 is 0. The monoisotopic (exact) mass is 233 g/mol. The van der Waals surface area contributed by atoms with Gasteiger partial charge in [0.25, 0.3) is 0 Å². The van der Waals surface area contributed by atoms with Crippen LogP contribution in [0.2, 0.25) is 0 Å². The Morgan fingerprint density at radius 1 is 0.500 bits per heavy atom. The second kappa shape index (κ2) is 4.61. The fourth-order valence-electron chi connectivity index (χ4n) is 2.81. The minimum atomic E-state index is 0. The molecule has 0 aromatic heterocycles. The van der Waals surface area contributed by atoms with E-state index in [0.717, 1.165) is 0 Å². The third kappa shape index (κ3) is 2.23. The molecular weight excluding hydrogens is 214 g/mol. The van der Waals surface area contributed by atoms with E-state index in [4.69, 9.17) is 0 Å². The van der Waals surface area contributed by atoms with Gasteiger partial charge in [-0.3, -0.25) is 0 Å². The Hall–Kier alpha value is 0.440. The van der Waals surface area contributed by atoms with Crippen LogP contribution in [0.25, 0.3) is 0 Å². The molecule has 0 aromatic carbocycles. The normalized spacial score (nSPS) is 28.0. The van der Waals surface area contributed by atoms with E-state index in [1.165, 1.54) is 69.2 Å². The molecule has 2 saturated heterocycles. The number of nitrogens with zero attached hydrogens (tertiary/aromatic N) is 1. The van der Waals surface area contributed by atoms with Crippen LogP contribution in [0.3, 0.4) is 0 Å². The maximum Gasteiger partial charge on any atom is 0.0788 e. The molecule has 72 valence electrons. The van der Waals surface area contributed by atoms with E-state index in [1.807, 2.05) is 0 Å². The van der Waals surface area contributed by atoms with Crippen molar-refractivity contribution in [2.75, 3.05) is 26.2 Å². The second-order valence-electron chi connectivity index (χ2n) is 4.36. The van der Waals surface area contributed by atoms with Crippen molar-refractivity contribution in [3.05, 3.63) is 0 Å². The molecule has 0 atom stereocenters. The van der Waals surface area contributed by atoms with E-state index >= 15 is 0 Å². The molecule has 1 nitrogen and oxygen atoms in total. The van der Waals surface area contributed by atoms with Gasteiger partial charge in [-0.25, -0.2) is 0 Å². The van der Waals surface area contributed by atoms with E-state index in [2.05, 4.69) is 0 Å². The largest absolute Gasteiger partial charge is 1.00 e. The van der Waals surface area contributed by atoms with Gasteiger partial charge in [-0.2, -0.15) is 0 Å². The molecule has 0 saturated carbocycles. The van der Waals surface area contributed by atoms with Crippen LogP contribution >= 0.6 is 0 Å². The maximum absolute atomic E-state index is 1.50. The average molecular weight is 234 g/mol. The summed E-state index contributed by atoms with van der Waals surface area (Å²) < 4.78 is 1.50. The summed E-state index contributed by atoms with van der Waals surface area (Å²) in [6.45, 7) is 6.00. The summed E-state index contributed by atoms with van der Waals surface area (Å²) in [5.41, 5.74) is 0. The lowest BCUT2D eigenvalue weighted by molar-refractivity contribution is -0.916. The quantitative estimate of drug-likeness (QED) is 0.480. The van der Waals surface area contributed by atoms with Crippen molar-refractivity contribution < 1.29 is 21.5 Å². The molecule has 0 bridgehead atoms. The minimum absolute atomic E-state index is 0. The number of halogens is 1. The summed E-state index contributed by atoms with van der Waals surface area (Å²) in [6, 6.07) is 0. The number of quaternary nitrogens is 1. The first-order chi connectivity index (χ1) is 5.41. The summed E-state index contributed by atoms with van der Waals surface area (Å²) in [7, 11) is 0. The number of hydrogen-bond donors (Lipinski definition) is 0. The Morgan fingerprint density at radius 3 is 1.25 bits per heavy atom. The van der Waals surface area contributed by atoms with Crippen LogP contribution in [0.5, 0.6) is 0 Å². The summed E-state index contributed by atoms with van der Waals surface area (Å²) in [4.78, 5) is 0. The Morgan fingerprint density at radius 2 is 0.833 bits per heavy atom. The van der Waals surface area contributed by atoms with Crippen LogP contribution in [0.4, 0.5) is 0 Å². The van der Waals surface area contributed by atoms with E-state index in [-0.39, 0.29) is 17.0 Å². The standard InChI is InChI=1S/C10H20N.BrH/c1-2-4-8-11(7-3-1)9-5-6-10-11;/h1-10H2;1H/q+1;/p-1. The highest BCUT2D eigenvalue weighted by atomic mass is 79.9. The molecule has 2 heterocycles. The van der Waals surface area contributed by atoms with Crippen LogP contribution < -0.4 is 17.0 Å². The summed E-state index contributed by atoms with van der Waals surface area (Å²) in [6.07, 6.45) is 9.00. The van der Waals surface area contributed by atoms with Gasteiger partial charge in [0.2, 0.25) is 0 Å². The van der Waals surface area contributed by atoms with Crippen LogP contribution in [-0.2, 0) is 0 Å². The molecular formula is C10H20BrN. The van der Waals surface area contributed by atoms with Crippen LogP contribution in [0.15, 0.2) is 0 Å². The van der Waals surface area contributed by atoms with Crippen molar-refractivity contribution in [1.82, 2.24) is 0 Å². The van der Waals surface area contributed by atoms with Crippen LogP contribution in [0.1, 0.15) is 38.5 Å². The third-order valence-electron chi connectivity index (χ3n) is 3.53. The van der Waals surface area contributed by atoms with Gasteiger partial charge in [0.15, 0.2) is 0 Å². The molecule has 2 rings (SSSR count). The zero-order valence-electron chi connectivity index (χ0n) is 7.90. The fraction of sp³-hybridized carbons (Fsp3) is 1.00. The highest BCUT2D eigenvalue weighted by Gasteiger charge is 2.31. The SMILES string of the molecule is C1CCC[N+]2(CC1)CCCC2.[Br-]. The van der Waals surface area contributed by atoms with Gasteiger partial charge in [-0.1, -0.05) is 0 Å². The summed E-state index contributed by atoms with van der Waals surface area (Å²) in [5, 5.41) is 0.